The van der Waals surface area contributed by atoms with E-state index in [1.807, 2.05) is 0 Å². The van der Waals surface area contributed by atoms with Crippen LogP contribution in [-0.4, -0.2) is 37.3 Å². The van der Waals surface area contributed by atoms with Crippen molar-refractivity contribution in [2.24, 2.45) is 5.92 Å². The minimum absolute atomic E-state index is 0.371. The predicted molar refractivity (Wildman–Crippen MR) is 57.9 cm³/mol. The van der Waals surface area contributed by atoms with E-state index in [0.29, 0.717) is 12.5 Å². The maximum Gasteiger partial charge on any atom is 0.0459 e. The molecule has 0 spiro atoms. The highest BCUT2D eigenvalue weighted by Gasteiger charge is 2.05. The van der Waals surface area contributed by atoms with Crippen molar-refractivity contribution in [1.82, 2.24) is 4.90 Å². The van der Waals surface area contributed by atoms with Crippen molar-refractivity contribution >= 4 is 0 Å². The summed E-state index contributed by atoms with van der Waals surface area (Å²) in [5, 5.41) is 9.06. The number of rotatable bonds is 8. The first-order chi connectivity index (χ1) is 6.20. The molecule has 0 saturated heterocycles. The van der Waals surface area contributed by atoms with Crippen molar-refractivity contribution in [2.45, 2.75) is 39.0 Å². The summed E-state index contributed by atoms with van der Waals surface area (Å²) in [5.41, 5.74) is 0. The first-order valence-corrected chi connectivity index (χ1v) is 5.46. The van der Waals surface area contributed by atoms with E-state index in [0.717, 1.165) is 0 Å². The Balaban J connectivity index is 3.27. The molecule has 0 aromatic rings. The molecule has 2 nitrogen and oxygen atoms in total. The summed E-state index contributed by atoms with van der Waals surface area (Å²) in [6.45, 7) is 3.72. The van der Waals surface area contributed by atoms with E-state index in [1.54, 1.807) is 0 Å². The third-order valence-electron chi connectivity index (χ3n) is 2.42. The van der Waals surface area contributed by atoms with Crippen LogP contribution in [0.3, 0.4) is 0 Å². The van der Waals surface area contributed by atoms with Gasteiger partial charge in [0.2, 0.25) is 0 Å². The molecule has 0 aliphatic rings. The van der Waals surface area contributed by atoms with E-state index in [9.17, 15) is 0 Å². The fourth-order valence-electron chi connectivity index (χ4n) is 1.60. The number of nitrogens with zero attached hydrogens (tertiary/aromatic N) is 1. The molecule has 0 unspecified atom stereocenters. The molecule has 0 rings (SSSR count). The average molecular weight is 187 g/mol. The molecule has 13 heavy (non-hydrogen) atoms. The van der Waals surface area contributed by atoms with E-state index >= 15 is 0 Å². The highest BCUT2D eigenvalue weighted by molar-refractivity contribution is 4.57. The molecule has 1 atom stereocenters. The van der Waals surface area contributed by atoms with Gasteiger partial charge in [0.15, 0.2) is 0 Å². The summed E-state index contributed by atoms with van der Waals surface area (Å²) in [6, 6.07) is 0. The fraction of sp³-hybridized carbons (Fsp3) is 1.00. The van der Waals surface area contributed by atoms with Crippen molar-refractivity contribution in [3.8, 4) is 0 Å². The van der Waals surface area contributed by atoms with E-state index < -0.39 is 0 Å². The third-order valence-corrected chi connectivity index (χ3v) is 2.42. The van der Waals surface area contributed by atoms with Crippen LogP contribution in [0.1, 0.15) is 39.0 Å². The van der Waals surface area contributed by atoms with Gasteiger partial charge in [-0.2, -0.15) is 0 Å². The zero-order chi connectivity index (χ0) is 10.1. The van der Waals surface area contributed by atoms with Gasteiger partial charge in [-0.25, -0.2) is 0 Å². The SMILES string of the molecule is CCC[C@@H](CO)CCCCN(C)C. The van der Waals surface area contributed by atoms with Gasteiger partial charge in [0, 0.05) is 6.61 Å². The highest BCUT2D eigenvalue weighted by Crippen LogP contribution is 2.13. The molecular formula is C11H25NO. The molecular weight excluding hydrogens is 162 g/mol. The Bertz CT molecular complexity index is 104. The molecule has 0 aliphatic carbocycles. The Labute approximate surface area is 82.9 Å². The van der Waals surface area contributed by atoms with Gasteiger partial charge in [-0.3, -0.25) is 0 Å². The van der Waals surface area contributed by atoms with E-state index in [4.69, 9.17) is 5.11 Å². The van der Waals surface area contributed by atoms with Gasteiger partial charge < -0.3 is 10.0 Å². The van der Waals surface area contributed by atoms with Gasteiger partial charge >= 0.3 is 0 Å². The molecule has 0 radical (unpaired) electrons. The summed E-state index contributed by atoms with van der Waals surface area (Å²) < 4.78 is 0. The van der Waals surface area contributed by atoms with Gasteiger partial charge in [0.25, 0.3) is 0 Å². The Hall–Kier alpha value is -0.0800. The third kappa shape index (κ3) is 8.26. The van der Waals surface area contributed by atoms with Crippen molar-refractivity contribution < 1.29 is 5.11 Å². The summed E-state index contributed by atoms with van der Waals surface area (Å²) >= 11 is 0. The first-order valence-electron chi connectivity index (χ1n) is 5.46. The molecule has 0 aromatic carbocycles. The largest absolute Gasteiger partial charge is 0.396 e. The summed E-state index contributed by atoms with van der Waals surface area (Å²) in [6.07, 6.45) is 6.08. The van der Waals surface area contributed by atoms with E-state index in [2.05, 4.69) is 25.9 Å². The zero-order valence-electron chi connectivity index (χ0n) is 9.42. The monoisotopic (exact) mass is 187 g/mol. The van der Waals surface area contributed by atoms with Crippen molar-refractivity contribution in [2.75, 3.05) is 27.2 Å². The van der Waals surface area contributed by atoms with Crippen LogP contribution in [0.25, 0.3) is 0 Å². The lowest BCUT2D eigenvalue weighted by Crippen LogP contribution is -2.13. The van der Waals surface area contributed by atoms with Gasteiger partial charge in [-0.05, 0) is 45.8 Å². The lowest BCUT2D eigenvalue weighted by molar-refractivity contribution is 0.205. The minimum Gasteiger partial charge on any atom is -0.396 e. The van der Waals surface area contributed by atoms with Gasteiger partial charge in [0.05, 0.1) is 0 Å². The number of hydrogen-bond donors (Lipinski definition) is 1. The Kier molecular flexibility index (Phi) is 8.46. The summed E-state index contributed by atoms with van der Waals surface area (Å²) in [5.74, 6) is 0.548. The Morgan fingerprint density at radius 2 is 1.85 bits per heavy atom. The standard InChI is InChI=1S/C11H25NO/c1-4-7-11(10-13)8-5-6-9-12(2)3/h11,13H,4-10H2,1-3H3/t11-/m1/s1. The molecule has 0 aliphatic heterocycles. The van der Waals surface area contributed by atoms with E-state index in [-0.39, 0.29) is 0 Å². The lowest BCUT2D eigenvalue weighted by atomic mass is 9.98. The van der Waals surface area contributed by atoms with Crippen molar-refractivity contribution in [3.05, 3.63) is 0 Å². The second-order valence-electron chi connectivity index (χ2n) is 4.14. The van der Waals surface area contributed by atoms with E-state index in [1.165, 1.54) is 38.6 Å². The molecule has 1 N–H and O–H groups in total. The van der Waals surface area contributed by atoms with Crippen LogP contribution in [-0.2, 0) is 0 Å². The zero-order valence-corrected chi connectivity index (χ0v) is 9.42. The minimum atomic E-state index is 0.371. The maximum atomic E-state index is 9.06. The van der Waals surface area contributed by atoms with Gasteiger partial charge in [-0.15, -0.1) is 0 Å². The molecule has 0 amide bonds. The smallest absolute Gasteiger partial charge is 0.0459 e. The first kappa shape index (κ1) is 12.9. The quantitative estimate of drug-likeness (QED) is 0.588. The van der Waals surface area contributed by atoms with Crippen molar-refractivity contribution in [1.29, 1.82) is 0 Å². The van der Waals surface area contributed by atoms with Crippen LogP contribution in [0.15, 0.2) is 0 Å². The normalized spacial score (nSPS) is 13.6. The Morgan fingerprint density at radius 1 is 1.15 bits per heavy atom. The van der Waals surface area contributed by atoms with Gasteiger partial charge in [0.1, 0.15) is 0 Å². The van der Waals surface area contributed by atoms with Crippen LogP contribution < -0.4 is 0 Å². The number of aliphatic hydroxyl groups is 1. The second-order valence-corrected chi connectivity index (χ2v) is 4.14. The van der Waals surface area contributed by atoms with Crippen molar-refractivity contribution in [3.63, 3.8) is 0 Å². The maximum absolute atomic E-state index is 9.06. The number of hydrogen-bond acceptors (Lipinski definition) is 2. The second kappa shape index (κ2) is 8.52. The molecule has 0 heterocycles. The van der Waals surface area contributed by atoms with Crippen LogP contribution >= 0.6 is 0 Å². The number of unbranched alkanes of at least 4 members (excludes halogenated alkanes) is 1. The molecule has 0 bridgehead atoms. The van der Waals surface area contributed by atoms with Crippen LogP contribution in [0.5, 0.6) is 0 Å². The average Bonchev–Trinajstić information content (AvgIpc) is 2.10. The van der Waals surface area contributed by atoms with Crippen LogP contribution in [0, 0.1) is 5.92 Å². The van der Waals surface area contributed by atoms with Crippen LogP contribution in [0.4, 0.5) is 0 Å². The number of aliphatic hydroxyl groups excluding tert-OH is 1. The Morgan fingerprint density at radius 3 is 2.31 bits per heavy atom. The summed E-state index contributed by atoms with van der Waals surface area (Å²) in [4.78, 5) is 2.22. The van der Waals surface area contributed by atoms with Gasteiger partial charge in [-0.1, -0.05) is 19.8 Å². The highest BCUT2D eigenvalue weighted by atomic mass is 16.3. The molecule has 0 saturated carbocycles. The topological polar surface area (TPSA) is 23.5 Å². The fourth-order valence-corrected chi connectivity index (χ4v) is 1.60. The molecule has 2 heteroatoms. The predicted octanol–water partition coefficient (Wildman–Crippen LogP) is 2.13. The molecule has 0 aromatic heterocycles. The molecule has 80 valence electrons. The molecule has 0 fully saturated rings. The summed E-state index contributed by atoms with van der Waals surface area (Å²) in [7, 11) is 4.21. The van der Waals surface area contributed by atoms with Crippen LogP contribution in [0.2, 0.25) is 0 Å². The lowest BCUT2D eigenvalue weighted by Gasteiger charge is -2.13.